The first-order chi connectivity index (χ1) is 8.41. The van der Waals surface area contributed by atoms with Crippen LogP contribution < -0.4 is 0 Å². The van der Waals surface area contributed by atoms with Crippen LogP contribution in [0.1, 0.15) is 77.0 Å². The Bertz CT molecular complexity index is 202. The lowest BCUT2D eigenvalue weighted by atomic mass is 9.97. The predicted molar refractivity (Wildman–Crippen MR) is 65.3 cm³/mol. The van der Waals surface area contributed by atoms with Gasteiger partial charge in [0, 0.05) is 25.7 Å². The molecule has 0 aromatic carbocycles. The first kappa shape index (κ1) is 15.8. The van der Waals surface area contributed by atoms with E-state index >= 15 is 0 Å². The van der Waals surface area contributed by atoms with Gasteiger partial charge in [0.05, 0.1) is 0 Å². The molecule has 0 bridgehead atoms. The molecule has 4 heteroatoms. The average Bonchev–Trinajstić information content (AvgIpc) is 2.27. The molecule has 0 unspecified atom stereocenters. The van der Waals surface area contributed by atoms with Crippen molar-refractivity contribution in [3.63, 3.8) is 0 Å². The van der Waals surface area contributed by atoms with Crippen molar-refractivity contribution in [3.05, 3.63) is 0 Å². The average molecular weight is 268 g/mol. The molecular formula is C14H24F4. The summed E-state index contributed by atoms with van der Waals surface area (Å²) in [6, 6.07) is 0. The Balaban J connectivity index is 2.40. The lowest BCUT2D eigenvalue weighted by molar-refractivity contribution is -0.0352. The SMILES string of the molecule is FC1(F)CCCCCCCCC(F)(F)CCCC1. The Hall–Kier alpha value is -0.280. The minimum atomic E-state index is -2.65. The second-order valence-electron chi connectivity index (χ2n) is 5.54. The van der Waals surface area contributed by atoms with Crippen molar-refractivity contribution in [2.45, 2.75) is 88.9 Å². The summed E-state index contributed by atoms with van der Waals surface area (Å²) in [5.74, 6) is -5.31. The predicted octanol–water partition coefficient (Wildman–Crippen LogP) is 5.95. The van der Waals surface area contributed by atoms with E-state index in [0.717, 1.165) is 25.7 Å². The smallest absolute Gasteiger partial charge is 0.207 e. The van der Waals surface area contributed by atoms with E-state index < -0.39 is 11.8 Å². The fraction of sp³-hybridized carbons (Fsp3) is 1.00. The number of alkyl halides is 4. The van der Waals surface area contributed by atoms with Crippen LogP contribution in [0.4, 0.5) is 17.6 Å². The normalized spacial score (nSPS) is 27.3. The molecule has 1 fully saturated rings. The maximum absolute atomic E-state index is 13.4. The lowest BCUT2D eigenvalue weighted by Crippen LogP contribution is -2.18. The van der Waals surface area contributed by atoms with E-state index in [1.807, 2.05) is 0 Å². The van der Waals surface area contributed by atoms with Crippen LogP contribution in [-0.2, 0) is 0 Å². The summed E-state index contributed by atoms with van der Waals surface area (Å²) >= 11 is 0. The van der Waals surface area contributed by atoms with Crippen LogP contribution in [0.2, 0.25) is 0 Å². The molecular weight excluding hydrogens is 244 g/mol. The van der Waals surface area contributed by atoms with E-state index in [0.29, 0.717) is 12.8 Å². The van der Waals surface area contributed by atoms with E-state index in [2.05, 4.69) is 0 Å². The molecule has 0 N–H and O–H groups in total. The van der Waals surface area contributed by atoms with Crippen LogP contribution in [0, 0.1) is 0 Å². The Labute approximate surface area is 107 Å². The first-order valence-electron chi connectivity index (χ1n) is 7.17. The Morgan fingerprint density at radius 1 is 0.389 bits per heavy atom. The molecule has 1 rings (SSSR count). The largest absolute Gasteiger partial charge is 0.248 e. The Morgan fingerprint density at radius 3 is 0.944 bits per heavy atom. The summed E-state index contributed by atoms with van der Waals surface area (Å²) in [5, 5.41) is 0. The fourth-order valence-corrected chi connectivity index (χ4v) is 2.49. The molecule has 1 saturated carbocycles. The molecule has 0 amide bonds. The zero-order valence-electron chi connectivity index (χ0n) is 11.0. The summed E-state index contributed by atoms with van der Waals surface area (Å²) in [6.07, 6.45) is 4.29. The van der Waals surface area contributed by atoms with E-state index in [9.17, 15) is 17.6 Å². The highest BCUT2D eigenvalue weighted by Gasteiger charge is 2.30. The lowest BCUT2D eigenvalue weighted by Gasteiger charge is -2.19. The molecule has 0 saturated heterocycles. The van der Waals surface area contributed by atoms with E-state index in [-0.39, 0.29) is 38.5 Å². The van der Waals surface area contributed by atoms with Crippen molar-refractivity contribution >= 4 is 0 Å². The number of hydrogen-bond donors (Lipinski definition) is 0. The van der Waals surface area contributed by atoms with Crippen LogP contribution in [0.3, 0.4) is 0 Å². The molecule has 0 aromatic rings. The van der Waals surface area contributed by atoms with E-state index in [4.69, 9.17) is 0 Å². The fourth-order valence-electron chi connectivity index (χ4n) is 2.49. The maximum atomic E-state index is 13.4. The van der Waals surface area contributed by atoms with Crippen LogP contribution in [0.15, 0.2) is 0 Å². The van der Waals surface area contributed by atoms with Gasteiger partial charge in [0.25, 0.3) is 0 Å². The monoisotopic (exact) mass is 268 g/mol. The molecule has 1 aliphatic rings. The third-order valence-corrected chi connectivity index (χ3v) is 3.67. The van der Waals surface area contributed by atoms with E-state index in [1.54, 1.807) is 0 Å². The molecule has 1 aliphatic carbocycles. The first-order valence-corrected chi connectivity index (χ1v) is 7.17. The van der Waals surface area contributed by atoms with Gasteiger partial charge in [0.2, 0.25) is 11.8 Å². The van der Waals surface area contributed by atoms with Crippen LogP contribution in [0.5, 0.6) is 0 Å². The summed E-state index contributed by atoms with van der Waals surface area (Å²) in [7, 11) is 0. The maximum Gasteiger partial charge on any atom is 0.248 e. The highest BCUT2D eigenvalue weighted by molar-refractivity contribution is 4.71. The Morgan fingerprint density at radius 2 is 0.611 bits per heavy atom. The van der Waals surface area contributed by atoms with Crippen molar-refractivity contribution in [1.82, 2.24) is 0 Å². The van der Waals surface area contributed by atoms with Crippen molar-refractivity contribution in [2.24, 2.45) is 0 Å². The summed E-state index contributed by atoms with van der Waals surface area (Å²) < 4.78 is 53.5. The minimum Gasteiger partial charge on any atom is -0.207 e. The highest BCUT2D eigenvalue weighted by Crippen LogP contribution is 2.32. The second-order valence-corrected chi connectivity index (χ2v) is 5.54. The molecule has 0 aromatic heterocycles. The second kappa shape index (κ2) is 7.34. The van der Waals surface area contributed by atoms with Gasteiger partial charge in [0.1, 0.15) is 0 Å². The number of halogens is 4. The van der Waals surface area contributed by atoms with Gasteiger partial charge in [-0.05, 0) is 25.7 Å². The highest BCUT2D eigenvalue weighted by atomic mass is 19.3. The van der Waals surface area contributed by atoms with Crippen LogP contribution >= 0.6 is 0 Å². The van der Waals surface area contributed by atoms with Crippen LogP contribution in [0.25, 0.3) is 0 Å². The van der Waals surface area contributed by atoms with Crippen LogP contribution in [-0.4, -0.2) is 11.8 Å². The molecule has 0 radical (unpaired) electrons. The molecule has 0 heterocycles. The minimum absolute atomic E-state index is 0.0800. The zero-order chi connectivity index (χ0) is 13.5. The molecule has 0 atom stereocenters. The third kappa shape index (κ3) is 7.22. The number of hydrogen-bond acceptors (Lipinski definition) is 0. The zero-order valence-corrected chi connectivity index (χ0v) is 11.0. The van der Waals surface area contributed by atoms with Gasteiger partial charge >= 0.3 is 0 Å². The topological polar surface area (TPSA) is 0 Å². The standard InChI is InChI=1S/C14H24F4/c15-13(16)9-5-3-1-2-4-6-10-14(17,18)12-8-7-11-13/h1-12H2. The van der Waals surface area contributed by atoms with Gasteiger partial charge in [-0.2, -0.15) is 0 Å². The van der Waals surface area contributed by atoms with Crippen molar-refractivity contribution < 1.29 is 17.6 Å². The van der Waals surface area contributed by atoms with E-state index in [1.165, 1.54) is 0 Å². The van der Waals surface area contributed by atoms with Gasteiger partial charge < -0.3 is 0 Å². The molecule has 18 heavy (non-hydrogen) atoms. The van der Waals surface area contributed by atoms with Gasteiger partial charge in [0.15, 0.2) is 0 Å². The molecule has 0 aliphatic heterocycles. The molecule has 0 spiro atoms. The quantitative estimate of drug-likeness (QED) is 0.476. The van der Waals surface area contributed by atoms with Gasteiger partial charge in [-0.1, -0.05) is 25.7 Å². The van der Waals surface area contributed by atoms with Gasteiger partial charge in [-0.15, -0.1) is 0 Å². The van der Waals surface area contributed by atoms with Crippen molar-refractivity contribution in [2.75, 3.05) is 0 Å². The van der Waals surface area contributed by atoms with Crippen molar-refractivity contribution in [1.29, 1.82) is 0 Å². The van der Waals surface area contributed by atoms with Gasteiger partial charge in [-0.3, -0.25) is 0 Å². The summed E-state index contributed by atoms with van der Waals surface area (Å²) in [6.45, 7) is 0. The summed E-state index contributed by atoms with van der Waals surface area (Å²) in [4.78, 5) is 0. The third-order valence-electron chi connectivity index (χ3n) is 3.67. The van der Waals surface area contributed by atoms with Crippen molar-refractivity contribution in [3.8, 4) is 0 Å². The molecule has 0 nitrogen and oxygen atoms in total. The summed E-state index contributed by atoms with van der Waals surface area (Å²) in [5.41, 5.74) is 0. The molecule has 108 valence electrons. The Kier molecular flexibility index (Phi) is 6.44. The number of rotatable bonds is 0. The van der Waals surface area contributed by atoms with Gasteiger partial charge in [-0.25, -0.2) is 17.6 Å².